The van der Waals surface area contributed by atoms with E-state index in [1.807, 2.05) is 19.9 Å². The molecule has 0 bridgehead atoms. The molecule has 0 N–H and O–H groups in total. The third-order valence-electron chi connectivity index (χ3n) is 5.28. The molecule has 1 amide bonds. The SMILES string of the molecule is Cc1cc(-c2cn3cc(C(=O)N4CCC[C@@H](C#N)C4)nc3c(=O)n2C)c(C)o1. The van der Waals surface area contributed by atoms with Gasteiger partial charge < -0.3 is 13.9 Å². The maximum atomic E-state index is 12.9. The molecular weight excluding hydrogens is 358 g/mol. The van der Waals surface area contributed by atoms with Gasteiger partial charge in [0.25, 0.3) is 11.5 Å². The number of carbonyl (C=O) groups is 1. The molecule has 1 aliphatic rings. The first-order valence-electron chi connectivity index (χ1n) is 9.24. The third kappa shape index (κ3) is 2.89. The van der Waals surface area contributed by atoms with Crippen molar-refractivity contribution < 1.29 is 9.21 Å². The summed E-state index contributed by atoms with van der Waals surface area (Å²) in [5, 5.41) is 9.15. The van der Waals surface area contributed by atoms with Crippen LogP contribution in [0.3, 0.4) is 0 Å². The highest BCUT2D eigenvalue weighted by atomic mass is 16.3. The van der Waals surface area contributed by atoms with Gasteiger partial charge in [-0.2, -0.15) is 5.26 Å². The van der Waals surface area contributed by atoms with Crippen molar-refractivity contribution in [1.29, 1.82) is 5.26 Å². The largest absolute Gasteiger partial charge is 0.466 e. The summed E-state index contributed by atoms with van der Waals surface area (Å²) < 4.78 is 8.70. The van der Waals surface area contributed by atoms with Crippen LogP contribution in [0.15, 0.2) is 27.7 Å². The first-order chi connectivity index (χ1) is 13.4. The highest BCUT2D eigenvalue weighted by Gasteiger charge is 2.26. The van der Waals surface area contributed by atoms with Crippen molar-refractivity contribution in [3.8, 4) is 17.3 Å². The van der Waals surface area contributed by atoms with Gasteiger partial charge in [0.1, 0.15) is 17.2 Å². The van der Waals surface area contributed by atoms with Gasteiger partial charge in [-0.3, -0.25) is 14.0 Å². The summed E-state index contributed by atoms with van der Waals surface area (Å²) in [5.41, 5.74) is 1.64. The molecule has 0 unspecified atom stereocenters. The number of nitrogens with zero attached hydrogens (tertiary/aromatic N) is 5. The number of aromatic nitrogens is 3. The maximum Gasteiger partial charge on any atom is 0.294 e. The van der Waals surface area contributed by atoms with E-state index in [-0.39, 0.29) is 28.7 Å². The van der Waals surface area contributed by atoms with Gasteiger partial charge >= 0.3 is 0 Å². The Morgan fingerprint density at radius 2 is 2.14 bits per heavy atom. The van der Waals surface area contributed by atoms with E-state index >= 15 is 0 Å². The number of hydrogen-bond donors (Lipinski definition) is 0. The Morgan fingerprint density at radius 3 is 2.82 bits per heavy atom. The molecular formula is C20H21N5O3. The molecule has 0 aromatic carbocycles. The molecule has 3 aromatic heterocycles. The summed E-state index contributed by atoms with van der Waals surface area (Å²) in [6.07, 6.45) is 4.97. The highest BCUT2D eigenvalue weighted by molar-refractivity contribution is 5.93. The molecule has 4 heterocycles. The zero-order chi connectivity index (χ0) is 20.0. The van der Waals surface area contributed by atoms with Crippen LogP contribution in [-0.2, 0) is 7.05 Å². The summed E-state index contributed by atoms with van der Waals surface area (Å²) in [7, 11) is 1.68. The number of carbonyl (C=O) groups excluding carboxylic acids is 1. The maximum absolute atomic E-state index is 12.9. The van der Waals surface area contributed by atoms with E-state index in [4.69, 9.17) is 9.68 Å². The Balaban J connectivity index is 1.76. The van der Waals surface area contributed by atoms with Gasteiger partial charge in [-0.15, -0.1) is 0 Å². The monoisotopic (exact) mass is 379 g/mol. The number of likely N-dealkylation sites (tertiary alicyclic amines) is 1. The molecule has 3 aromatic rings. The molecule has 144 valence electrons. The summed E-state index contributed by atoms with van der Waals surface area (Å²) in [5.74, 6) is 1.09. The zero-order valence-electron chi connectivity index (χ0n) is 16.1. The van der Waals surface area contributed by atoms with Crippen LogP contribution in [0.25, 0.3) is 16.9 Å². The Kier molecular flexibility index (Phi) is 4.30. The summed E-state index contributed by atoms with van der Waals surface area (Å²) in [4.78, 5) is 31.6. The topological polar surface area (TPSA) is 96.5 Å². The van der Waals surface area contributed by atoms with Crippen LogP contribution >= 0.6 is 0 Å². The number of nitriles is 1. The standard InChI is InChI=1S/C20H21N5O3/c1-12-7-15(13(2)28-12)17-11-25-10-16(22-18(25)20(27)23(17)3)19(26)24-6-4-5-14(8-21)9-24/h7,10-11,14H,4-6,9H2,1-3H3/t14-/m0/s1. The fourth-order valence-corrected chi connectivity index (χ4v) is 3.80. The van der Waals surface area contributed by atoms with Crippen molar-refractivity contribution in [2.45, 2.75) is 26.7 Å². The predicted octanol–water partition coefficient (Wildman–Crippen LogP) is 2.29. The number of piperidine rings is 1. The van der Waals surface area contributed by atoms with E-state index in [9.17, 15) is 9.59 Å². The van der Waals surface area contributed by atoms with E-state index in [1.165, 1.54) is 4.57 Å². The highest BCUT2D eigenvalue weighted by Crippen LogP contribution is 2.26. The lowest BCUT2D eigenvalue weighted by molar-refractivity contribution is 0.0693. The van der Waals surface area contributed by atoms with Crippen LogP contribution in [0.4, 0.5) is 0 Å². The van der Waals surface area contributed by atoms with Crippen LogP contribution in [0.1, 0.15) is 34.9 Å². The molecule has 28 heavy (non-hydrogen) atoms. The fraction of sp³-hybridized carbons (Fsp3) is 0.400. The zero-order valence-corrected chi connectivity index (χ0v) is 16.1. The molecule has 1 saturated heterocycles. The molecule has 0 aliphatic carbocycles. The number of rotatable bonds is 2. The lowest BCUT2D eigenvalue weighted by Gasteiger charge is -2.28. The van der Waals surface area contributed by atoms with E-state index in [2.05, 4.69) is 11.1 Å². The number of aryl methyl sites for hydroxylation is 2. The van der Waals surface area contributed by atoms with E-state index in [1.54, 1.807) is 28.7 Å². The number of furan rings is 1. The lowest BCUT2D eigenvalue weighted by Crippen LogP contribution is -2.39. The molecule has 1 atom stereocenters. The van der Waals surface area contributed by atoms with Gasteiger partial charge in [0, 0.05) is 38.1 Å². The van der Waals surface area contributed by atoms with Crippen LogP contribution in [-0.4, -0.2) is 37.8 Å². The molecule has 0 spiro atoms. The van der Waals surface area contributed by atoms with Crippen molar-refractivity contribution in [3.05, 3.63) is 46.0 Å². The Hall–Kier alpha value is -3.34. The quantitative estimate of drug-likeness (QED) is 0.681. The summed E-state index contributed by atoms with van der Waals surface area (Å²) in [6, 6.07) is 4.12. The fourth-order valence-electron chi connectivity index (χ4n) is 3.80. The Bertz CT molecular complexity index is 1180. The average Bonchev–Trinajstić information content (AvgIpc) is 3.26. The van der Waals surface area contributed by atoms with Gasteiger partial charge in [0.2, 0.25) is 5.65 Å². The normalized spacial score (nSPS) is 17.1. The first kappa shape index (κ1) is 18.0. The minimum atomic E-state index is -0.289. The number of amides is 1. The van der Waals surface area contributed by atoms with Crippen molar-refractivity contribution in [2.75, 3.05) is 13.1 Å². The molecule has 0 saturated carbocycles. The molecule has 1 fully saturated rings. The van der Waals surface area contributed by atoms with Gasteiger partial charge in [0.05, 0.1) is 17.7 Å². The minimum absolute atomic E-state index is 0.151. The number of fused-ring (bicyclic) bond motifs is 1. The van der Waals surface area contributed by atoms with Crippen molar-refractivity contribution in [3.63, 3.8) is 0 Å². The van der Waals surface area contributed by atoms with E-state index < -0.39 is 0 Å². The predicted molar refractivity (Wildman–Crippen MR) is 102 cm³/mol. The van der Waals surface area contributed by atoms with Gasteiger partial charge in [-0.25, -0.2) is 4.98 Å². The van der Waals surface area contributed by atoms with Crippen LogP contribution in [0.5, 0.6) is 0 Å². The smallest absolute Gasteiger partial charge is 0.294 e. The number of hydrogen-bond acceptors (Lipinski definition) is 5. The molecule has 1 aliphatic heterocycles. The van der Waals surface area contributed by atoms with Crippen molar-refractivity contribution in [2.24, 2.45) is 13.0 Å². The lowest BCUT2D eigenvalue weighted by atomic mass is 9.99. The second-order valence-corrected chi connectivity index (χ2v) is 7.28. The Labute approximate surface area is 161 Å². The van der Waals surface area contributed by atoms with E-state index in [0.717, 1.165) is 29.9 Å². The van der Waals surface area contributed by atoms with Gasteiger partial charge in [-0.1, -0.05) is 0 Å². The molecule has 8 nitrogen and oxygen atoms in total. The van der Waals surface area contributed by atoms with Crippen molar-refractivity contribution in [1.82, 2.24) is 18.9 Å². The minimum Gasteiger partial charge on any atom is -0.466 e. The molecule has 0 radical (unpaired) electrons. The third-order valence-corrected chi connectivity index (χ3v) is 5.28. The Morgan fingerprint density at radius 1 is 1.36 bits per heavy atom. The first-order valence-corrected chi connectivity index (χ1v) is 9.24. The van der Waals surface area contributed by atoms with E-state index in [0.29, 0.717) is 18.8 Å². The molecule has 4 rings (SSSR count). The number of imidazole rings is 1. The molecule has 8 heteroatoms. The second-order valence-electron chi connectivity index (χ2n) is 7.28. The van der Waals surface area contributed by atoms with Crippen molar-refractivity contribution >= 4 is 11.6 Å². The summed E-state index contributed by atoms with van der Waals surface area (Å²) in [6.45, 7) is 4.71. The van der Waals surface area contributed by atoms with Crippen LogP contribution in [0.2, 0.25) is 0 Å². The van der Waals surface area contributed by atoms with Crippen LogP contribution < -0.4 is 5.56 Å². The average molecular weight is 379 g/mol. The van der Waals surface area contributed by atoms with Crippen LogP contribution in [0, 0.1) is 31.1 Å². The van der Waals surface area contributed by atoms with Gasteiger partial charge in [0.15, 0.2) is 0 Å². The summed E-state index contributed by atoms with van der Waals surface area (Å²) >= 11 is 0. The van der Waals surface area contributed by atoms with Gasteiger partial charge in [-0.05, 0) is 32.8 Å². The second kappa shape index (κ2) is 6.68.